The number of H-pyrrole nitrogens is 1. The van der Waals surface area contributed by atoms with Crippen LogP contribution in [0.4, 0.5) is 5.82 Å². The van der Waals surface area contributed by atoms with Crippen LogP contribution >= 0.6 is 0 Å². The van der Waals surface area contributed by atoms with E-state index < -0.39 is 6.10 Å². The molecule has 1 aliphatic heterocycles. The monoisotopic (exact) mass is 473 g/mol. The third-order valence-corrected chi connectivity index (χ3v) is 6.55. The molecule has 8 heteroatoms. The molecular formula is C27H31N5O3. The summed E-state index contributed by atoms with van der Waals surface area (Å²) in [6, 6.07) is 15.5. The molecule has 3 heterocycles. The number of aliphatic hydroxyl groups excluding tert-OH is 1. The van der Waals surface area contributed by atoms with E-state index in [1.54, 1.807) is 12.1 Å². The number of β-amino-alcohol motifs (C(OH)–C–C–N with tert-alkyl or cyclic N) is 1. The maximum atomic E-state index is 12.0. The summed E-state index contributed by atoms with van der Waals surface area (Å²) in [5.74, 6) is 0.966. The number of methoxy groups -OCH3 is 1. The Balaban J connectivity index is 1.47. The Bertz CT molecular complexity index is 1310. The van der Waals surface area contributed by atoms with E-state index in [-0.39, 0.29) is 5.97 Å². The smallest absolute Gasteiger partial charge is 0.337 e. The van der Waals surface area contributed by atoms with Crippen LogP contribution in [-0.2, 0) is 11.2 Å². The van der Waals surface area contributed by atoms with Gasteiger partial charge in [0.15, 0.2) is 0 Å². The zero-order valence-corrected chi connectivity index (χ0v) is 20.0. The molecule has 1 atom stereocenters. The summed E-state index contributed by atoms with van der Waals surface area (Å²) in [5, 5.41) is 15.9. The van der Waals surface area contributed by atoms with Gasteiger partial charge in [0, 0.05) is 30.4 Å². The van der Waals surface area contributed by atoms with E-state index in [4.69, 9.17) is 14.7 Å². The largest absolute Gasteiger partial charge is 0.465 e. The molecule has 0 radical (unpaired) electrons. The fourth-order valence-corrected chi connectivity index (χ4v) is 4.80. The molecule has 1 saturated heterocycles. The third-order valence-electron chi connectivity index (χ3n) is 6.55. The molecule has 1 fully saturated rings. The highest BCUT2D eigenvalue weighted by molar-refractivity contribution is 6.12. The van der Waals surface area contributed by atoms with Crippen molar-refractivity contribution in [3.8, 4) is 0 Å². The number of rotatable bonds is 8. The number of aromatic nitrogens is 3. The van der Waals surface area contributed by atoms with Gasteiger partial charge >= 0.3 is 5.97 Å². The molecule has 4 aromatic rings. The predicted octanol–water partition coefficient (Wildman–Crippen LogP) is 3.75. The van der Waals surface area contributed by atoms with E-state index in [1.165, 1.54) is 26.4 Å². The van der Waals surface area contributed by atoms with Gasteiger partial charge in [-0.05, 0) is 43.6 Å². The molecule has 2 aromatic carbocycles. The van der Waals surface area contributed by atoms with Crippen LogP contribution in [0.5, 0.6) is 0 Å². The van der Waals surface area contributed by atoms with E-state index in [0.717, 1.165) is 34.9 Å². The van der Waals surface area contributed by atoms with Crippen molar-refractivity contribution in [2.45, 2.75) is 31.8 Å². The zero-order valence-electron chi connectivity index (χ0n) is 20.0. The number of fused-ring (bicyclic) bond motifs is 3. The lowest BCUT2D eigenvalue weighted by atomic mass is 10.1. The van der Waals surface area contributed by atoms with E-state index in [2.05, 4.69) is 27.3 Å². The van der Waals surface area contributed by atoms with Crippen LogP contribution in [-0.4, -0.2) is 70.3 Å². The minimum atomic E-state index is -0.508. The molecule has 0 amide bonds. The number of carbonyl (C=O) groups is 1. The predicted molar refractivity (Wildman–Crippen MR) is 137 cm³/mol. The van der Waals surface area contributed by atoms with Gasteiger partial charge in [-0.3, -0.25) is 0 Å². The van der Waals surface area contributed by atoms with Crippen LogP contribution in [0.2, 0.25) is 0 Å². The van der Waals surface area contributed by atoms with Crippen LogP contribution in [0.3, 0.4) is 0 Å². The van der Waals surface area contributed by atoms with Crippen molar-refractivity contribution in [3.05, 3.63) is 65.5 Å². The summed E-state index contributed by atoms with van der Waals surface area (Å²) >= 11 is 0. The molecule has 3 N–H and O–H groups in total. The average molecular weight is 474 g/mol. The van der Waals surface area contributed by atoms with Crippen molar-refractivity contribution in [2.24, 2.45) is 0 Å². The van der Waals surface area contributed by atoms with Gasteiger partial charge in [-0.15, -0.1) is 0 Å². The Morgan fingerprint density at radius 1 is 1.14 bits per heavy atom. The topological polar surface area (TPSA) is 103 Å². The number of aromatic amines is 1. The second-order valence-electron chi connectivity index (χ2n) is 9.15. The normalized spacial score (nSPS) is 15.4. The summed E-state index contributed by atoms with van der Waals surface area (Å²) in [4.78, 5) is 27.3. The van der Waals surface area contributed by atoms with Gasteiger partial charge in [0.25, 0.3) is 0 Å². The lowest BCUT2D eigenvalue weighted by molar-refractivity contribution is 0.0601. The first-order chi connectivity index (χ1) is 17.1. The Morgan fingerprint density at radius 2 is 1.94 bits per heavy atom. The summed E-state index contributed by atoms with van der Waals surface area (Å²) < 4.78 is 4.87. The first kappa shape index (κ1) is 23.3. The fraction of sp³-hybridized carbons (Fsp3) is 0.370. The molecule has 5 rings (SSSR count). The number of aliphatic hydroxyl groups is 1. The number of hydrogen-bond donors (Lipinski definition) is 3. The molecule has 8 nitrogen and oxygen atoms in total. The highest BCUT2D eigenvalue weighted by Gasteiger charge is 2.18. The van der Waals surface area contributed by atoms with Gasteiger partial charge in [-0.2, -0.15) is 0 Å². The van der Waals surface area contributed by atoms with E-state index in [0.29, 0.717) is 42.4 Å². The van der Waals surface area contributed by atoms with Gasteiger partial charge in [-0.1, -0.05) is 42.8 Å². The van der Waals surface area contributed by atoms with Crippen molar-refractivity contribution in [1.29, 1.82) is 0 Å². The lowest BCUT2D eigenvalue weighted by Crippen LogP contribution is -2.39. The summed E-state index contributed by atoms with van der Waals surface area (Å²) in [6.07, 6.45) is 3.74. The number of esters is 1. The van der Waals surface area contributed by atoms with Gasteiger partial charge in [0.05, 0.1) is 24.2 Å². The van der Waals surface area contributed by atoms with Gasteiger partial charge < -0.3 is 25.0 Å². The van der Waals surface area contributed by atoms with Crippen molar-refractivity contribution >= 4 is 33.7 Å². The van der Waals surface area contributed by atoms with Crippen LogP contribution < -0.4 is 5.32 Å². The quantitative estimate of drug-likeness (QED) is 0.335. The van der Waals surface area contributed by atoms with Gasteiger partial charge in [-0.25, -0.2) is 14.8 Å². The third kappa shape index (κ3) is 5.28. The Hall–Kier alpha value is -3.49. The number of nitrogens with zero attached hydrogens (tertiary/aromatic N) is 3. The zero-order chi connectivity index (χ0) is 24.2. The van der Waals surface area contributed by atoms with E-state index >= 15 is 0 Å². The number of piperidine rings is 1. The van der Waals surface area contributed by atoms with Gasteiger partial charge in [0.1, 0.15) is 17.3 Å². The van der Waals surface area contributed by atoms with Crippen molar-refractivity contribution < 1.29 is 14.6 Å². The van der Waals surface area contributed by atoms with Crippen LogP contribution in [0.15, 0.2) is 48.5 Å². The Labute approximate surface area is 204 Å². The maximum absolute atomic E-state index is 12.0. The maximum Gasteiger partial charge on any atom is 0.337 e. The molecule has 0 spiro atoms. The van der Waals surface area contributed by atoms with Gasteiger partial charge in [0.2, 0.25) is 0 Å². The summed E-state index contributed by atoms with van der Waals surface area (Å²) in [5.41, 5.74) is 3.06. The van der Waals surface area contributed by atoms with E-state index in [9.17, 15) is 9.90 Å². The molecule has 1 aliphatic rings. The first-order valence-electron chi connectivity index (χ1n) is 12.2. The number of benzene rings is 2. The highest BCUT2D eigenvalue weighted by Crippen LogP contribution is 2.31. The van der Waals surface area contributed by atoms with Crippen LogP contribution in [0.1, 0.15) is 41.0 Å². The molecule has 0 aliphatic carbocycles. The summed E-state index contributed by atoms with van der Waals surface area (Å²) in [6.45, 7) is 3.12. The van der Waals surface area contributed by atoms with Crippen molar-refractivity contribution in [3.63, 3.8) is 0 Å². The lowest BCUT2D eigenvalue weighted by Gasteiger charge is -2.28. The Morgan fingerprint density at radius 3 is 2.71 bits per heavy atom. The SMILES string of the molecule is COC(=O)c1ccc2c(c1)[nH]c1nc(Cc3ccccc3)nc(NCC(O)CN3CCCCC3)c12. The fourth-order valence-electron chi connectivity index (χ4n) is 4.80. The number of ether oxygens (including phenoxy) is 1. The second-order valence-corrected chi connectivity index (χ2v) is 9.15. The summed E-state index contributed by atoms with van der Waals surface area (Å²) in [7, 11) is 1.37. The number of nitrogens with one attached hydrogen (secondary N) is 2. The number of anilines is 1. The minimum Gasteiger partial charge on any atom is -0.465 e. The average Bonchev–Trinajstić information content (AvgIpc) is 3.25. The standard InChI is InChI=1S/C27H31N5O3/c1-35-27(34)19-10-11-21-22(15-19)29-26-24(21)25(28-16-20(33)17-32-12-6-3-7-13-32)30-23(31-26)14-18-8-4-2-5-9-18/h2,4-5,8-11,15,20,33H,3,6-7,12-14,16-17H2,1H3,(H2,28,29,30,31). The molecule has 1 unspecified atom stereocenters. The van der Waals surface area contributed by atoms with E-state index in [1.807, 2.05) is 24.3 Å². The number of likely N-dealkylation sites (tertiary alicyclic amines) is 1. The molecule has 2 aromatic heterocycles. The minimum absolute atomic E-state index is 0.388. The second kappa shape index (κ2) is 10.4. The first-order valence-corrected chi connectivity index (χ1v) is 12.2. The molecule has 0 saturated carbocycles. The Kier molecular flexibility index (Phi) is 6.92. The van der Waals surface area contributed by atoms with Crippen molar-refractivity contribution in [2.75, 3.05) is 38.6 Å². The number of carbonyl (C=O) groups excluding carboxylic acids is 1. The van der Waals surface area contributed by atoms with Crippen LogP contribution in [0, 0.1) is 0 Å². The molecule has 182 valence electrons. The molecular weight excluding hydrogens is 442 g/mol. The van der Waals surface area contributed by atoms with Crippen molar-refractivity contribution in [1.82, 2.24) is 19.9 Å². The molecule has 0 bridgehead atoms. The highest BCUT2D eigenvalue weighted by atomic mass is 16.5. The van der Waals surface area contributed by atoms with Crippen LogP contribution in [0.25, 0.3) is 21.9 Å². The number of hydrogen-bond acceptors (Lipinski definition) is 7. The molecule has 35 heavy (non-hydrogen) atoms.